The Balaban J connectivity index is 1.74. The number of hydrazine groups is 1. The van der Waals surface area contributed by atoms with Crippen LogP contribution in [0.25, 0.3) is 0 Å². The van der Waals surface area contributed by atoms with Crippen LogP contribution in [0.15, 0.2) is 70.8 Å². The third-order valence-electron chi connectivity index (χ3n) is 5.20. The molecule has 0 saturated heterocycles. The van der Waals surface area contributed by atoms with Crippen molar-refractivity contribution in [1.29, 1.82) is 0 Å². The zero-order valence-corrected chi connectivity index (χ0v) is 21.3. The number of alkyl halides is 1. The third kappa shape index (κ3) is 6.92. The number of ether oxygens (including phenoxy) is 2. The van der Waals surface area contributed by atoms with Gasteiger partial charge in [0.25, 0.3) is 0 Å². The molecule has 3 rings (SSSR count). The average molecular weight is 585 g/mol. The van der Waals surface area contributed by atoms with E-state index in [9.17, 15) is 13.2 Å². The van der Waals surface area contributed by atoms with Crippen LogP contribution < -0.4 is 15.3 Å². The van der Waals surface area contributed by atoms with Crippen LogP contribution in [0.4, 0.5) is 0 Å². The van der Waals surface area contributed by atoms with E-state index in [0.717, 1.165) is 17.7 Å². The SMILES string of the molecule is CCOC(=O)CN(N)C1=C(CI)C(NS(=O)(=O)c2ccc(Oc3ccccc3)cc2)CCC1. The maximum atomic E-state index is 13.1. The van der Waals surface area contributed by atoms with Crippen molar-refractivity contribution in [3.05, 3.63) is 65.9 Å². The number of benzene rings is 2. The molecule has 2 aromatic rings. The highest BCUT2D eigenvalue weighted by Crippen LogP contribution is 2.29. The van der Waals surface area contributed by atoms with Gasteiger partial charge in [0.2, 0.25) is 10.0 Å². The van der Waals surface area contributed by atoms with Crippen LogP contribution in [-0.2, 0) is 19.6 Å². The molecule has 0 heterocycles. The highest BCUT2D eigenvalue weighted by molar-refractivity contribution is 14.1. The molecule has 2 aromatic carbocycles. The highest BCUT2D eigenvalue weighted by atomic mass is 127. The van der Waals surface area contributed by atoms with Crippen molar-refractivity contribution in [1.82, 2.24) is 9.73 Å². The second-order valence-corrected chi connectivity index (χ2v) is 9.97. The van der Waals surface area contributed by atoms with E-state index in [1.807, 2.05) is 30.3 Å². The summed E-state index contributed by atoms with van der Waals surface area (Å²) in [5.41, 5.74) is 1.66. The van der Waals surface area contributed by atoms with Gasteiger partial charge in [-0.25, -0.2) is 19.0 Å². The first-order chi connectivity index (χ1) is 15.8. The van der Waals surface area contributed by atoms with Crippen molar-refractivity contribution in [2.75, 3.05) is 17.6 Å². The number of nitrogens with zero attached hydrogens (tertiary/aromatic N) is 1. The maximum Gasteiger partial charge on any atom is 0.327 e. The molecule has 178 valence electrons. The zero-order valence-electron chi connectivity index (χ0n) is 18.4. The molecular weight excluding hydrogens is 557 g/mol. The lowest BCUT2D eigenvalue weighted by atomic mass is 9.93. The van der Waals surface area contributed by atoms with Gasteiger partial charge in [0.05, 0.1) is 11.5 Å². The molecule has 1 aliphatic carbocycles. The van der Waals surface area contributed by atoms with Crippen molar-refractivity contribution >= 4 is 38.6 Å². The van der Waals surface area contributed by atoms with Crippen LogP contribution in [0.5, 0.6) is 11.5 Å². The quantitative estimate of drug-likeness (QED) is 0.144. The number of esters is 1. The predicted octanol–water partition coefficient (Wildman–Crippen LogP) is 3.74. The normalized spacial score (nSPS) is 16.4. The fourth-order valence-electron chi connectivity index (χ4n) is 3.65. The van der Waals surface area contributed by atoms with Gasteiger partial charge in [-0.15, -0.1) is 0 Å². The molecule has 1 aliphatic rings. The number of carbonyl (C=O) groups excluding carboxylic acids is 1. The molecule has 10 heteroatoms. The number of halogens is 1. The Kier molecular flexibility index (Phi) is 9.12. The van der Waals surface area contributed by atoms with Crippen LogP contribution in [-0.4, -0.2) is 43.0 Å². The highest BCUT2D eigenvalue weighted by Gasteiger charge is 2.29. The number of hydrogen-bond donors (Lipinski definition) is 2. The van der Waals surface area contributed by atoms with Gasteiger partial charge < -0.3 is 14.5 Å². The van der Waals surface area contributed by atoms with Gasteiger partial charge in [0.1, 0.15) is 18.0 Å². The first kappa shape index (κ1) is 25.5. The van der Waals surface area contributed by atoms with E-state index in [2.05, 4.69) is 27.3 Å². The van der Waals surface area contributed by atoms with E-state index in [0.29, 0.717) is 28.8 Å². The Hall–Kier alpha value is -2.15. The minimum Gasteiger partial charge on any atom is -0.465 e. The first-order valence-corrected chi connectivity index (χ1v) is 13.7. The van der Waals surface area contributed by atoms with Gasteiger partial charge in [0, 0.05) is 16.2 Å². The number of hydrogen-bond acceptors (Lipinski definition) is 7. The van der Waals surface area contributed by atoms with Crippen LogP contribution in [0.3, 0.4) is 0 Å². The molecule has 8 nitrogen and oxygen atoms in total. The minimum atomic E-state index is -3.77. The Morgan fingerprint density at radius 1 is 1.15 bits per heavy atom. The molecule has 33 heavy (non-hydrogen) atoms. The van der Waals surface area contributed by atoms with E-state index in [1.165, 1.54) is 17.1 Å². The molecule has 0 aromatic heterocycles. The molecule has 0 aliphatic heterocycles. The van der Waals surface area contributed by atoms with Gasteiger partial charge in [-0.05, 0) is 68.2 Å². The summed E-state index contributed by atoms with van der Waals surface area (Å²) in [5.74, 6) is 6.95. The second kappa shape index (κ2) is 11.8. The standard InChI is InChI=1S/C23H28IN3O5S/c1-2-31-23(28)16-27(25)22-10-6-9-21(20(22)15-24)26-33(29,30)19-13-11-18(12-14-19)32-17-7-4-3-5-8-17/h3-5,7-8,11-14,21,26H,2,6,9-10,15-16,25H2,1H3. The molecule has 0 saturated carbocycles. The van der Waals surface area contributed by atoms with Crippen LogP contribution in [0, 0.1) is 0 Å². The molecular formula is C23H28IN3O5S. The number of sulfonamides is 1. The van der Waals surface area contributed by atoms with E-state index < -0.39 is 22.0 Å². The van der Waals surface area contributed by atoms with E-state index >= 15 is 0 Å². The maximum absolute atomic E-state index is 13.1. The van der Waals surface area contributed by atoms with Gasteiger partial charge in [-0.2, -0.15) is 0 Å². The molecule has 1 atom stereocenters. The monoisotopic (exact) mass is 585 g/mol. The number of carbonyl (C=O) groups is 1. The second-order valence-electron chi connectivity index (χ2n) is 7.49. The molecule has 0 fully saturated rings. The summed E-state index contributed by atoms with van der Waals surface area (Å²) in [5, 5.41) is 1.38. The van der Waals surface area contributed by atoms with Crippen molar-refractivity contribution in [3.63, 3.8) is 0 Å². The predicted molar refractivity (Wildman–Crippen MR) is 134 cm³/mol. The number of nitrogens with one attached hydrogen (secondary N) is 1. The summed E-state index contributed by atoms with van der Waals surface area (Å²) in [6, 6.07) is 15.2. The average Bonchev–Trinajstić information content (AvgIpc) is 2.80. The summed E-state index contributed by atoms with van der Waals surface area (Å²) in [4.78, 5) is 12.0. The van der Waals surface area contributed by atoms with Crippen LogP contribution >= 0.6 is 22.6 Å². The number of allylic oxidation sites excluding steroid dienone is 1. The fraction of sp³-hybridized carbons (Fsp3) is 0.348. The molecule has 3 N–H and O–H groups in total. The summed E-state index contributed by atoms with van der Waals surface area (Å²) >= 11 is 2.19. The summed E-state index contributed by atoms with van der Waals surface area (Å²) in [7, 11) is -3.77. The van der Waals surface area contributed by atoms with Gasteiger partial charge in [-0.3, -0.25) is 4.79 Å². The molecule has 0 radical (unpaired) electrons. The molecule has 1 unspecified atom stereocenters. The van der Waals surface area contributed by atoms with Crippen molar-refractivity contribution in [2.24, 2.45) is 5.84 Å². The zero-order chi connectivity index (χ0) is 23.8. The minimum absolute atomic E-state index is 0.0777. The van der Waals surface area contributed by atoms with Crippen molar-refractivity contribution in [2.45, 2.75) is 37.1 Å². The fourth-order valence-corrected chi connectivity index (χ4v) is 5.88. The van der Waals surface area contributed by atoms with E-state index in [1.54, 1.807) is 19.1 Å². The van der Waals surface area contributed by atoms with Crippen LogP contribution in [0.2, 0.25) is 0 Å². The number of rotatable bonds is 10. The molecule has 0 amide bonds. The van der Waals surface area contributed by atoms with Crippen LogP contribution in [0.1, 0.15) is 26.2 Å². The Labute approximate surface area is 208 Å². The smallest absolute Gasteiger partial charge is 0.327 e. The van der Waals surface area contributed by atoms with Gasteiger partial charge in [0.15, 0.2) is 0 Å². The van der Waals surface area contributed by atoms with Gasteiger partial charge in [-0.1, -0.05) is 40.8 Å². The lowest BCUT2D eigenvalue weighted by molar-refractivity contribution is -0.144. The summed E-state index contributed by atoms with van der Waals surface area (Å²) in [6.45, 7) is 1.94. The molecule has 0 bridgehead atoms. The number of para-hydroxylation sites is 1. The Morgan fingerprint density at radius 3 is 2.45 bits per heavy atom. The van der Waals surface area contributed by atoms with Crippen molar-refractivity contribution in [3.8, 4) is 11.5 Å². The molecule has 0 spiro atoms. The topological polar surface area (TPSA) is 111 Å². The van der Waals surface area contributed by atoms with Crippen molar-refractivity contribution < 1.29 is 22.7 Å². The van der Waals surface area contributed by atoms with Gasteiger partial charge >= 0.3 is 5.97 Å². The van der Waals surface area contributed by atoms with E-state index in [-0.39, 0.29) is 18.0 Å². The Morgan fingerprint density at radius 2 is 1.82 bits per heavy atom. The first-order valence-electron chi connectivity index (χ1n) is 10.6. The lowest BCUT2D eigenvalue weighted by Gasteiger charge is -2.32. The number of nitrogens with two attached hydrogens (primary N) is 1. The Bertz CT molecular complexity index is 1080. The van der Waals surface area contributed by atoms with E-state index in [4.69, 9.17) is 15.3 Å². The summed E-state index contributed by atoms with van der Waals surface area (Å²) < 4.78 is 40.3. The largest absolute Gasteiger partial charge is 0.465 e. The summed E-state index contributed by atoms with van der Waals surface area (Å²) in [6.07, 6.45) is 2.09. The third-order valence-corrected chi connectivity index (χ3v) is 7.51. The lowest BCUT2D eigenvalue weighted by Crippen LogP contribution is -2.44.